The fraction of sp³-hybridized carbons (Fsp3) is 0.412. The van der Waals surface area contributed by atoms with E-state index in [1.54, 1.807) is 0 Å². The van der Waals surface area contributed by atoms with Crippen LogP contribution in [-0.2, 0) is 54.5 Å². The molecular weight excluding hydrogens is 872 g/mol. The predicted octanol–water partition coefficient (Wildman–Crippen LogP) is 6.37. The van der Waals surface area contributed by atoms with Crippen molar-refractivity contribution in [1.29, 1.82) is 0 Å². The summed E-state index contributed by atoms with van der Waals surface area (Å²) in [5, 5.41) is 35.4. The summed E-state index contributed by atoms with van der Waals surface area (Å²) in [5.41, 5.74) is -1.92. The average molecular weight is 905 g/mol. The molecule has 6 rings (SSSR count). The second-order valence-corrected chi connectivity index (χ2v) is 12.9. The smallest absolute Gasteiger partial charge is 0.333 e. The van der Waals surface area contributed by atoms with Crippen molar-refractivity contribution in [1.82, 2.24) is 39.3 Å². The SMILES string of the molecule is C.C.O=C(CC(=Cc1cc(F)c(F)cc1F)[N+](=O)[O-])N1CCn2c(nnc2C(F)(F)F)C1.O=C(CC(Cc1cc(F)c(F)cc1F)[N+](=O)[O-])N1CCn2c(nnc2C(F)(F)F)C1. The Kier molecular flexibility index (Phi) is 15.5. The molecule has 0 saturated heterocycles. The van der Waals surface area contributed by atoms with Gasteiger partial charge in [-0.1, -0.05) is 14.9 Å². The Hall–Kier alpha value is -6.64. The largest absolute Gasteiger partial charge is 0.451 e. The summed E-state index contributed by atoms with van der Waals surface area (Å²) >= 11 is 0. The van der Waals surface area contributed by atoms with E-state index in [1.807, 2.05) is 0 Å². The van der Waals surface area contributed by atoms with Gasteiger partial charge in [-0.25, -0.2) is 26.3 Å². The quantitative estimate of drug-likeness (QED) is 0.0790. The van der Waals surface area contributed by atoms with E-state index >= 15 is 0 Å². The van der Waals surface area contributed by atoms with Crippen LogP contribution < -0.4 is 0 Å². The van der Waals surface area contributed by atoms with Crippen LogP contribution in [0.25, 0.3) is 6.08 Å². The molecule has 2 aliphatic heterocycles. The zero-order chi connectivity index (χ0) is 44.4. The normalized spacial score (nSPS) is 14.4. The zero-order valence-electron chi connectivity index (χ0n) is 29.8. The molecule has 0 radical (unpaired) electrons. The Balaban J connectivity index is 0.000000320. The van der Waals surface area contributed by atoms with Gasteiger partial charge in [0, 0.05) is 61.3 Å². The number of nitro groups is 2. The summed E-state index contributed by atoms with van der Waals surface area (Å²) in [4.78, 5) is 47.6. The van der Waals surface area contributed by atoms with Crippen molar-refractivity contribution in [2.24, 2.45) is 0 Å². The third-order valence-electron chi connectivity index (χ3n) is 8.90. The molecular formula is C34H32F12N10O6. The molecule has 28 heteroatoms. The summed E-state index contributed by atoms with van der Waals surface area (Å²) in [5.74, 6) is -12.6. The van der Waals surface area contributed by atoms with E-state index < -0.39 is 123 Å². The molecule has 1 unspecified atom stereocenters. The van der Waals surface area contributed by atoms with E-state index in [0.29, 0.717) is 18.2 Å². The minimum atomic E-state index is -4.73. The van der Waals surface area contributed by atoms with Crippen LogP contribution in [0.4, 0.5) is 52.7 Å². The van der Waals surface area contributed by atoms with Crippen LogP contribution in [0.3, 0.4) is 0 Å². The maximum absolute atomic E-state index is 13.8. The van der Waals surface area contributed by atoms with E-state index in [0.717, 1.165) is 18.9 Å². The van der Waals surface area contributed by atoms with Gasteiger partial charge in [0.2, 0.25) is 29.5 Å². The van der Waals surface area contributed by atoms with Gasteiger partial charge in [0.05, 0.1) is 24.4 Å². The zero-order valence-corrected chi connectivity index (χ0v) is 29.8. The molecule has 2 aliphatic rings. The maximum Gasteiger partial charge on any atom is 0.451 e. The van der Waals surface area contributed by atoms with Crippen molar-refractivity contribution in [3.05, 3.63) is 120 Å². The van der Waals surface area contributed by atoms with Gasteiger partial charge >= 0.3 is 12.4 Å². The van der Waals surface area contributed by atoms with Crippen LogP contribution in [0, 0.1) is 55.1 Å². The van der Waals surface area contributed by atoms with Gasteiger partial charge in [0.15, 0.2) is 34.9 Å². The number of hydrogen-bond acceptors (Lipinski definition) is 10. The number of fused-ring (bicyclic) bond motifs is 2. The molecule has 2 amide bonds. The molecule has 338 valence electrons. The van der Waals surface area contributed by atoms with Gasteiger partial charge in [-0.3, -0.25) is 29.8 Å². The van der Waals surface area contributed by atoms with Crippen molar-refractivity contribution >= 4 is 17.9 Å². The standard InChI is InChI=1S/C16H13F6N5O3.C16H11F6N5O3.2CH4/c2*17-10-6-12(19)11(18)4-8(10)3-9(27(29)30)5-14(28)25-1-2-26-13(7-25)23-24-15(26)16(20,21)22;;/h4,6,9H,1-3,5,7H2;3-4,6H,1-2,5,7H2;2*1H4. The predicted molar refractivity (Wildman–Crippen MR) is 186 cm³/mol. The molecule has 0 spiro atoms. The lowest BCUT2D eigenvalue weighted by molar-refractivity contribution is -0.521. The molecule has 0 saturated carbocycles. The summed E-state index contributed by atoms with van der Waals surface area (Å²) in [7, 11) is 0. The van der Waals surface area contributed by atoms with E-state index in [2.05, 4.69) is 20.4 Å². The van der Waals surface area contributed by atoms with Crippen molar-refractivity contribution in [3.8, 4) is 0 Å². The lowest BCUT2D eigenvalue weighted by atomic mass is 10.0. The Morgan fingerprint density at radius 1 is 0.661 bits per heavy atom. The van der Waals surface area contributed by atoms with Crippen molar-refractivity contribution in [2.75, 3.05) is 13.1 Å². The lowest BCUT2D eigenvalue weighted by Gasteiger charge is -2.28. The first-order valence-electron chi connectivity index (χ1n) is 16.7. The van der Waals surface area contributed by atoms with E-state index in [4.69, 9.17) is 0 Å². The van der Waals surface area contributed by atoms with Gasteiger partial charge in [-0.2, -0.15) is 26.3 Å². The molecule has 2 aromatic heterocycles. The number of rotatable bonds is 9. The first kappa shape index (κ1) is 49.7. The first-order chi connectivity index (χ1) is 27.9. The van der Waals surface area contributed by atoms with Gasteiger partial charge in [-0.05, 0) is 17.7 Å². The third kappa shape index (κ3) is 11.4. The van der Waals surface area contributed by atoms with Crippen LogP contribution in [0.15, 0.2) is 30.0 Å². The van der Waals surface area contributed by atoms with Crippen LogP contribution in [0.1, 0.15) is 62.1 Å². The van der Waals surface area contributed by atoms with Crippen LogP contribution in [0.5, 0.6) is 0 Å². The molecule has 4 aromatic rings. The number of carbonyl (C=O) groups excluding carboxylic acids is 2. The summed E-state index contributed by atoms with van der Waals surface area (Å²) < 4.78 is 159. The van der Waals surface area contributed by atoms with Gasteiger partial charge in [-0.15, -0.1) is 20.4 Å². The number of nitrogens with zero attached hydrogens (tertiary/aromatic N) is 10. The highest BCUT2D eigenvalue weighted by molar-refractivity contribution is 5.79. The minimum Gasteiger partial charge on any atom is -0.333 e. The summed E-state index contributed by atoms with van der Waals surface area (Å²) in [6.07, 6.45) is -11.1. The maximum atomic E-state index is 13.8. The number of carbonyl (C=O) groups is 2. The topological polar surface area (TPSA) is 188 Å². The number of hydrogen-bond donors (Lipinski definition) is 0. The molecule has 0 bridgehead atoms. The van der Waals surface area contributed by atoms with E-state index in [1.165, 1.54) is 0 Å². The Labute approximate surface area is 340 Å². The van der Waals surface area contributed by atoms with E-state index in [9.17, 15) is 82.5 Å². The average Bonchev–Trinajstić information content (AvgIpc) is 3.80. The Morgan fingerprint density at radius 2 is 1.11 bits per heavy atom. The second-order valence-electron chi connectivity index (χ2n) is 12.9. The highest BCUT2D eigenvalue weighted by Crippen LogP contribution is 2.31. The Morgan fingerprint density at radius 3 is 1.58 bits per heavy atom. The first-order valence-corrected chi connectivity index (χ1v) is 16.7. The molecule has 0 fully saturated rings. The summed E-state index contributed by atoms with van der Waals surface area (Å²) in [6.45, 7) is -1.62. The van der Waals surface area contributed by atoms with Crippen molar-refractivity contribution < 1.29 is 72.1 Å². The van der Waals surface area contributed by atoms with Gasteiger partial charge < -0.3 is 18.9 Å². The highest BCUT2D eigenvalue weighted by atomic mass is 19.4. The fourth-order valence-electron chi connectivity index (χ4n) is 5.95. The molecule has 1 atom stereocenters. The third-order valence-corrected chi connectivity index (χ3v) is 8.90. The van der Waals surface area contributed by atoms with Crippen molar-refractivity contribution in [3.63, 3.8) is 0 Å². The second kappa shape index (κ2) is 19.4. The number of halogens is 12. The molecule has 4 heterocycles. The van der Waals surface area contributed by atoms with Crippen LogP contribution in [0.2, 0.25) is 0 Å². The monoisotopic (exact) mass is 904 g/mol. The number of alkyl halides is 6. The number of benzene rings is 2. The van der Waals surface area contributed by atoms with E-state index in [-0.39, 0.29) is 77.9 Å². The fourth-order valence-corrected chi connectivity index (χ4v) is 5.95. The van der Waals surface area contributed by atoms with Gasteiger partial charge in [0.1, 0.15) is 18.1 Å². The van der Waals surface area contributed by atoms with Gasteiger partial charge in [0.25, 0.3) is 5.70 Å². The summed E-state index contributed by atoms with van der Waals surface area (Å²) in [6, 6.07) is -0.313. The number of aromatic nitrogens is 6. The molecule has 16 nitrogen and oxygen atoms in total. The lowest BCUT2D eigenvalue weighted by Crippen LogP contribution is -2.41. The van der Waals surface area contributed by atoms with Crippen LogP contribution in [-0.4, -0.2) is 80.1 Å². The minimum absolute atomic E-state index is 0. The van der Waals surface area contributed by atoms with Crippen molar-refractivity contribution in [2.45, 2.75) is 78.7 Å². The Bertz CT molecular complexity index is 2370. The molecule has 62 heavy (non-hydrogen) atoms. The molecule has 2 aromatic carbocycles. The molecule has 0 N–H and O–H groups in total. The molecule has 0 aliphatic carbocycles. The number of amides is 2. The van der Waals surface area contributed by atoms with Crippen LogP contribution >= 0.6 is 0 Å². The highest BCUT2D eigenvalue weighted by Gasteiger charge is 2.41.